The number of fused-ring (bicyclic) bond motifs is 1. The van der Waals surface area contributed by atoms with Gasteiger partial charge in [-0.2, -0.15) is 5.10 Å². The highest BCUT2D eigenvalue weighted by Crippen LogP contribution is 2.22. The summed E-state index contributed by atoms with van der Waals surface area (Å²) in [5, 5.41) is 9.87. The molecule has 3 aromatic rings. The van der Waals surface area contributed by atoms with E-state index in [1.807, 2.05) is 43.5 Å². The molecular weight excluding hydrogens is 340 g/mol. The molecule has 0 fully saturated rings. The van der Waals surface area contributed by atoms with Crippen LogP contribution in [0.2, 0.25) is 0 Å². The molecule has 2 heterocycles. The number of urea groups is 1. The van der Waals surface area contributed by atoms with Gasteiger partial charge in [0, 0.05) is 42.4 Å². The van der Waals surface area contributed by atoms with Gasteiger partial charge < -0.3 is 10.6 Å². The van der Waals surface area contributed by atoms with Gasteiger partial charge in [-0.15, -0.1) is 0 Å². The largest absolute Gasteiger partial charge is 0.337 e. The van der Waals surface area contributed by atoms with Crippen LogP contribution in [0, 0.1) is 6.92 Å². The molecule has 0 atom stereocenters. The summed E-state index contributed by atoms with van der Waals surface area (Å²) in [6, 6.07) is 9.15. The van der Waals surface area contributed by atoms with Crippen molar-refractivity contribution in [3.63, 3.8) is 0 Å². The van der Waals surface area contributed by atoms with Crippen LogP contribution in [0.3, 0.4) is 0 Å². The molecule has 27 heavy (non-hydrogen) atoms. The van der Waals surface area contributed by atoms with E-state index in [-0.39, 0.29) is 6.03 Å². The number of nitrogens with one attached hydrogen (secondary N) is 2. The molecule has 0 bridgehead atoms. The normalized spacial score (nSPS) is 12.6. The number of aromatic nitrogens is 4. The molecule has 4 rings (SSSR count). The second kappa shape index (κ2) is 7.57. The fraction of sp³-hybridized carbons (Fsp3) is 0.300. The first-order valence-electron chi connectivity index (χ1n) is 9.19. The number of hydrogen-bond donors (Lipinski definition) is 2. The monoisotopic (exact) mass is 362 g/mol. The van der Waals surface area contributed by atoms with E-state index in [9.17, 15) is 4.79 Å². The van der Waals surface area contributed by atoms with Crippen LogP contribution >= 0.6 is 0 Å². The molecule has 2 aromatic heterocycles. The molecule has 0 radical (unpaired) electrons. The predicted molar refractivity (Wildman–Crippen MR) is 103 cm³/mol. The average Bonchev–Trinajstić information content (AvgIpc) is 3.34. The van der Waals surface area contributed by atoms with Crippen molar-refractivity contribution in [3.8, 4) is 5.69 Å². The number of nitrogens with zero attached hydrogens (tertiary/aromatic N) is 4. The topological polar surface area (TPSA) is 84.7 Å². The summed E-state index contributed by atoms with van der Waals surface area (Å²) in [7, 11) is 0. The summed E-state index contributed by atoms with van der Waals surface area (Å²) in [5.74, 6) is 0.803. The van der Waals surface area contributed by atoms with Gasteiger partial charge in [0.2, 0.25) is 0 Å². The number of aryl methyl sites for hydroxylation is 2. The summed E-state index contributed by atoms with van der Waals surface area (Å²) in [5.41, 5.74) is 5.24. The van der Waals surface area contributed by atoms with Crippen LogP contribution in [0.1, 0.15) is 29.2 Å². The van der Waals surface area contributed by atoms with Crippen LogP contribution in [-0.2, 0) is 19.3 Å². The summed E-state index contributed by atoms with van der Waals surface area (Å²) in [4.78, 5) is 21.3. The maximum Gasteiger partial charge on any atom is 0.319 e. The molecule has 1 aliphatic carbocycles. The smallest absolute Gasteiger partial charge is 0.319 e. The lowest BCUT2D eigenvalue weighted by Gasteiger charge is -2.09. The maximum absolute atomic E-state index is 12.1. The second-order valence-electron chi connectivity index (χ2n) is 6.63. The molecule has 0 unspecified atom stereocenters. The second-order valence-corrected chi connectivity index (χ2v) is 6.63. The number of amides is 2. The molecule has 7 nitrogen and oxygen atoms in total. The molecule has 1 aliphatic rings. The van der Waals surface area contributed by atoms with E-state index < -0.39 is 0 Å². The first-order chi connectivity index (χ1) is 13.2. The highest BCUT2D eigenvalue weighted by atomic mass is 16.2. The Morgan fingerprint density at radius 3 is 2.81 bits per heavy atom. The minimum Gasteiger partial charge on any atom is -0.337 e. The van der Waals surface area contributed by atoms with Crippen molar-refractivity contribution in [2.45, 2.75) is 32.6 Å². The van der Waals surface area contributed by atoms with Crippen molar-refractivity contribution >= 4 is 11.7 Å². The highest BCUT2D eigenvalue weighted by molar-refractivity contribution is 5.89. The molecule has 138 valence electrons. The molecular formula is C20H22N6O. The van der Waals surface area contributed by atoms with Gasteiger partial charge in [-0.3, -0.25) is 0 Å². The van der Waals surface area contributed by atoms with Crippen LogP contribution in [-0.4, -0.2) is 32.3 Å². The first-order valence-corrected chi connectivity index (χ1v) is 9.19. The van der Waals surface area contributed by atoms with Crippen LogP contribution in [0.15, 0.2) is 42.7 Å². The molecule has 0 spiro atoms. The van der Waals surface area contributed by atoms with Gasteiger partial charge in [0.05, 0.1) is 5.69 Å². The molecule has 2 N–H and O–H groups in total. The number of anilines is 1. The third-order valence-corrected chi connectivity index (χ3v) is 4.71. The van der Waals surface area contributed by atoms with Crippen molar-refractivity contribution in [2.24, 2.45) is 0 Å². The van der Waals surface area contributed by atoms with Crippen molar-refractivity contribution < 1.29 is 4.79 Å². The summed E-state index contributed by atoms with van der Waals surface area (Å²) in [6.07, 6.45) is 7.51. The summed E-state index contributed by atoms with van der Waals surface area (Å²) >= 11 is 0. The number of hydrogen-bond acceptors (Lipinski definition) is 4. The SMILES string of the molecule is Cc1nc(CCNC(=O)Nc2ccc(-n3cccn3)cc2)nc2c1CCC2. The zero-order valence-corrected chi connectivity index (χ0v) is 15.3. The Balaban J connectivity index is 1.28. The minimum atomic E-state index is -0.236. The number of rotatable bonds is 5. The zero-order chi connectivity index (χ0) is 18.6. The Bertz CT molecular complexity index is 934. The van der Waals surface area contributed by atoms with E-state index >= 15 is 0 Å². The Morgan fingerprint density at radius 2 is 2.04 bits per heavy atom. The van der Waals surface area contributed by atoms with Gasteiger partial charge in [-0.1, -0.05) is 0 Å². The van der Waals surface area contributed by atoms with E-state index in [2.05, 4.69) is 25.7 Å². The maximum atomic E-state index is 12.1. The number of carbonyl (C=O) groups excluding carboxylic acids is 1. The molecule has 7 heteroatoms. The van der Waals surface area contributed by atoms with E-state index in [0.717, 1.165) is 42.2 Å². The lowest BCUT2D eigenvalue weighted by molar-refractivity contribution is 0.252. The molecule has 0 aliphatic heterocycles. The Labute approximate surface area is 157 Å². The number of carbonyl (C=O) groups is 1. The summed E-state index contributed by atoms with van der Waals surface area (Å²) < 4.78 is 1.77. The highest BCUT2D eigenvalue weighted by Gasteiger charge is 2.16. The third kappa shape index (κ3) is 3.97. The predicted octanol–water partition coefficient (Wildman–Crippen LogP) is 2.82. The lowest BCUT2D eigenvalue weighted by atomic mass is 10.2. The van der Waals surface area contributed by atoms with Crippen LogP contribution in [0.5, 0.6) is 0 Å². The average molecular weight is 362 g/mol. The minimum absolute atomic E-state index is 0.236. The van der Waals surface area contributed by atoms with Crippen molar-refractivity contribution in [3.05, 3.63) is 65.5 Å². The fourth-order valence-corrected chi connectivity index (χ4v) is 3.38. The van der Waals surface area contributed by atoms with Crippen molar-refractivity contribution in [1.82, 2.24) is 25.1 Å². The quantitative estimate of drug-likeness (QED) is 0.731. The third-order valence-electron chi connectivity index (χ3n) is 4.71. The van der Waals surface area contributed by atoms with Gasteiger partial charge in [0.15, 0.2) is 0 Å². The van der Waals surface area contributed by atoms with E-state index in [1.165, 1.54) is 11.3 Å². The van der Waals surface area contributed by atoms with E-state index in [1.54, 1.807) is 10.9 Å². The molecule has 0 saturated carbocycles. The zero-order valence-electron chi connectivity index (χ0n) is 15.3. The summed E-state index contributed by atoms with van der Waals surface area (Å²) in [6.45, 7) is 2.54. The Kier molecular flexibility index (Phi) is 4.82. The van der Waals surface area contributed by atoms with Gasteiger partial charge in [-0.05, 0) is 62.1 Å². The van der Waals surface area contributed by atoms with E-state index in [4.69, 9.17) is 0 Å². The van der Waals surface area contributed by atoms with Crippen LogP contribution in [0.25, 0.3) is 5.69 Å². The Hall–Kier alpha value is -3.22. The molecule has 1 aromatic carbocycles. The first kappa shape index (κ1) is 17.2. The van der Waals surface area contributed by atoms with Crippen LogP contribution in [0.4, 0.5) is 10.5 Å². The van der Waals surface area contributed by atoms with Crippen molar-refractivity contribution in [2.75, 3.05) is 11.9 Å². The Morgan fingerprint density at radius 1 is 1.19 bits per heavy atom. The number of benzene rings is 1. The molecule has 2 amide bonds. The fourth-order valence-electron chi connectivity index (χ4n) is 3.38. The van der Waals surface area contributed by atoms with Gasteiger partial charge in [0.1, 0.15) is 5.82 Å². The lowest BCUT2D eigenvalue weighted by Crippen LogP contribution is -2.30. The van der Waals surface area contributed by atoms with Gasteiger partial charge >= 0.3 is 6.03 Å². The standard InChI is InChI=1S/C20H22N6O/c1-14-17-4-2-5-18(17)25-19(23-14)10-12-21-20(27)24-15-6-8-16(9-7-15)26-13-3-11-22-26/h3,6-9,11,13H,2,4-5,10,12H2,1H3,(H2,21,24,27). The van der Waals surface area contributed by atoms with Gasteiger partial charge in [0.25, 0.3) is 0 Å². The van der Waals surface area contributed by atoms with Crippen LogP contribution < -0.4 is 10.6 Å². The van der Waals surface area contributed by atoms with E-state index in [0.29, 0.717) is 13.0 Å². The molecule has 0 saturated heterocycles. The van der Waals surface area contributed by atoms with Crippen molar-refractivity contribution in [1.29, 1.82) is 0 Å². The van der Waals surface area contributed by atoms with Gasteiger partial charge in [-0.25, -0.2) is 19.4 Å².